The highest BCUT2D eigenvalue weighted by Gasteiger charge is 2.25. The van der Waals surface area contributed by atoms with E-state index in [1.165, 1.54) is 92.6 Å². The summed E-state index contributed by atoms with van der Waals surface area (Å²) in [5.74, 6) is 0. The van der Waals surface area contributed by atoms with Gasteiger partial charge in [-0.25, -0.2) is 0 Å². The molecule has 4 heterocycles. The molecule has 0 aliphatic carbocycles. The third kappa shape index (κ3) is 5.27. The molecule has 0 N–H and O–H groups in total. The molecule has 0 unspecified atom stereocenters. The van der Waals surface area contributed by atoms with Gasteiger partial charge in [-0.15, -0.1) is 0 Å². The summed E-state index contributed by atoms with van der Waals surface area (Å²) in [5.41, 5.74) is 15.7. The van der Waals surface area contributed by atoms with E-state index in [-0.39, 0.29) is 0 Å². The Labute approximate surface area is 366 Å². The van der Waals surface area contributed by atoms with E-state index in [1.807, 2.05) is 0 Å². The summed E-state index contributed by atoms with van der Waals surface area (Å²) in [5, 5.41) is 11.7. The van der Waals surface area contributed by atoms with Crippen LogP contribution in [0.15, 0.2) is 194 Å². The molecule has 4 nitrogen and oxygen atoms in total. The highest BCUT2D eigenvalue weighted by Crippen LogP contribution is 2.47. The summed E-state index contributed by atoms with van der Waals surface area (Å²) >= 11 is 0. The van der Waals surface area contributed by atoms with Crippen molar-refractivity contribution in [1.29, 1.82) is 0 Å². The van der Waals surface area contributed by atoms with Crippen LogP contribution in [0.3, 0.4) is 0 Å². The molecule has 63 heavy (non-hydrogen) atoms. The molecule has 0 atom stereocenters. The molecule has 0 saturated carbocycles. The van der Waals surface area contributed by atoms with Crippen LogP contribution in [0.2, 0.25) is 19.6 Å². The molecule has 0 aliphatic rings. The highest BCUT2D eigenvalue weighted by molar-refractivity contribution is 6.88. The summed E-state index contributed by atoms with van der Waals surface area (Å²) in [4.78, 5) is 4.77. The van der Waals surface area contributed by atoms with Crippen molar-refractivity contribution >= 4 is 124 Å². The molecular weight excluding hydrogens is 781 g/mol. The van der Waals surface area contributed by atoms with Crippen LogP contribution in [0.5, 0.6) is 0 Å². The maximum absolute atomic E-state index is 2.52. The first-order chi connectivity index (χ1) is 30.8. The van der Waals surface area contributed by atoms with Gasteiger partial charge >= 0.3 is 0 Å². The Bertz CT molecular complexity index is 3880. The second kappa shape index (κ2) is 13.2. The van der Waals surface area contributed by atoms with Crippen molar-refractivity contribution in [1.82, 2.24) is 8.80 Å². The van der Waals surface area contributed by atoms with Gasteiger partial charge in [-0.1, -0.05) is 127 Å². The standard InChI is InChI=1S/C58H44N4Si/c1-37-21-23-40(24-22-37)59(38-13-7-5-8-14-38)42-27-31-53-49(33-42)45-17-11-19-47-51-36-56-52(35-55(51)61(53)57(45)47)48-20-12-18-46-50-34-43(28-32-54(50)62(56)58(46)48)60(39-15-9-6-10-16-39)41-25-29-44(30-26-41)63(2,3)4/h5-36H,1-4H3. The van der Waals surface area contributed by atoms with Gasteiger partial charge in [0.1, 0.15) is 0 Å². The van der Waals surface area contributed by atoms with Crippen molar-refractivity contribution in [2.75, 3.05) is 9.80 Å². The minimum absolute atomic E-state index is 1.14. The summed E-state index contributed by atoms with van der Waals surface area (Å²) in [6, 6.07) is 72.3. The average molecular weight is 825 g/mol. The van der Waals surface area contributed by atoms with Crippen molar-refractivity contribution in [3.8, 4) is 0 Å². The van der Waals surface area contributed by atoms with E-state index in [4.69, 9.17) is 0 Å². The average Bonchev–Trinajstić information content (AvgIpc) is 4.03. The van der Waals surface area contributed by atoms with Crippen LogP contribution in [0.4, 0.5) is 34.1 Å². The first-order valence-corrected chi connectivity index (χ1v) is 25.5. The van der Waals surface area contributed by atoms with E-state index in [1.54, 1.807) is 0 Å². The Morgan fingerprint density at radius 1 is 0.317 bits per heavy atom. The molecule has 0 fully saturated rings. The first kappa shape index (κ1) is 36.1. The SMILES string of the molecule is Cc1ccc(N(c2ccccc2)c2ccc3c(c2)c2cccc4c5cc6c(cc5n3c24)c2cccc3c4cc(N(c5ccccc5)c5ccc([Si](C)(C)C)cc5)ccc4n6c32)cc1. The number of rotatable bonds is 7. The van der Waals surface area contributed by atoms with Crippen LogP contribution in [0, 0.1) is 6.92 Å². The maximum atomic E-state index is 2.52. The number of anilines is 6. The Kier molecular flexibility index (Phi) is 7.56. The van der Waals surface area contributed by atoms with Crippen LogP contribution >= 0.6 is 0 Å². The summed E-state index contributed by atoms with van der Waals surface area (Å²) in [7, 11) is -1.44. The number of hydrogen-bond acceptors (Lipinski definition) is 2. The van der Waals surface area contributed by atoms with Gasteiger partial charge in [-0.2, -0.15) is 0 Å². The van der Waals surface area contributed by atoms with Crippen LogP contribution < -0.4 is 15.0 Å². The zero-order chi connectivity index (χ0) is 42.1. The first-order valence-electron chi connectivity index (χ1n) is 22.0. The minimum atomic E-state index is -1.44. The number of para-hydroxylation sites is 4. The highest BCUT2D eigenvalue weighted by atomic mass is 28.3. The second-order valence-electron chi connectivity index (χ2n) is 18.3. The van der Waals surface area contributed by atoms with Gasteiger partial charge in [-0.3, -0.25) is 0 Å². The van der Waals surface area contributed by atoms with Crippen LogP contribution in [0.1, 0.15) is 5.56 Å². The van der Waals surface area contributed by atoms with Gasteiger partial charge in [0.05, 0.1) is 41.2 Å². The van der Waals surface area contributed by atoms with E-state index >= 15 is 0 Å². The molecule has 13 rings (SSSR count). The van der Waals surface area contributed by atoms with Crippen molar-refractivity contribution < 1.29 is 0 Å². The topological polar surface area (TPSA) is 15.3 Å². The lowest BCUT2D eigenvalue weighted by Crippen LogP contribution is -2.37. The fourth-order valence-corrected chi connectivity index (χ4v) is 11.7. The van der Waals surface area contributed by atoms with E-state index in [9.17, 15) is 0 Å². The van der Waals surface area contributed by atoms with E-state index in [0.29, 0.717) is 0 Å². The number of nitrogens with zero attached hydrogens (tertiary/aromatic N) is 4. The number of aryl methyl sites for hydroxylation is 1. The molecule has 0 aliphatic heterocycles. The molecule has 0 saturated heterocycles. The fraction of sp³-hybridized carbons (Fsp3) is 0.0690. The third-order valence-corrected chi connectivity index (χ3v) is 15.6. The summed E-state index contributed by atoms with van der Waals surface area (Å²) < 4.78 is 5.04. The van der Waals surface area contributed by atoms with Crippen molar-refractivity contribution in [2.24, 2.45) is 0 Å². The molecule has 13 aromatic rings. The van der Waals surface area contributed by atoms with Crippen LogP contribution in [-0.4, -0.2) is 16.9 Å². The molecular formula is C58H44N4Si. The Morgan fingerprint density at radius 3 is 1.10 bits per heavy atom. The summed E-state index contributed by atoms with van der Waals surface area (Å²) in [6.07, 6.45) is 0. The Balaban J connectivity index is 1.00. The third-order valence-electron chi connectivity index (χ3n) is 13.5. The zero-order valence-electron chi connectivity index (χ0n) is 35.8. The quantitative estimate of drug-likeness (QED) is 0.149. The van der Waals surface area contributed by atoms with Gasteiger partial charge in [0.2, 0.25) is 0 Å². The minimum Gasteiger partial charge on any atom is -0.310 e. The van der Waals surface area contributed by atoms with Crippen LogP contribution in [-0.2, 0) is 0 Å². The molecule has 9 aromatic carbocycles. The number of hydrogen-bond donors (Lipinski definition) is 0. The molecule has 0 bridgehead atoms. The zero-order valence-corrected chi connectivity index (χ0v) is 36.8. The van der Waals surface area contributed by atoms with E-state index in [2.05, 4.69) is 239 Å². The monoisotopic (exact) mass is 824 g/mol. The molecule has 0 radical (unpaired) electrons. The number of aromatic nitrogens is 2. The van der Waals surface area contributed by atoms with Gasteiger partial charge in [0.25, 0.3) is 0 Å². The van der Waals surface area contributed by atoms with Gasteiger partial charge in [-0.05, 0) is 104 Å². The smallest absolute Gasteiger partial charge is 0.0775 e. The van der Waals surface area contributed by atoms with E-state index in [0.717, 1.165) is 28.4 Å². The molecule has 0 amide bonds. The molecule has 4 aromatic heterocycles. The number of fused-ring (bicyclic) bond motifs is 12. The number of benzene rings is 9. The lowest BCUT2D eigenvalue weighted by molar-refractivity contribution is 1.28. The van der Waals surface area contributed by atoms with Gasteiger partial charge < -0.3 is 18.6 Å². The van der Waals surface area contributed by atoms with E-state index < -0.39 is 8.07 Å². The van der Waals surface area contributed by atoms with Crippen molar-refractivity contribution in [3.63, 3.8) is 0 Å². The molecule has 0 spiro atoms. The largest absolute Gasteiger partial charge is 0.310 e. The lowest BCUT2D eigenvalue weighted by Gasteiger charge is -2.26. The predicted molar refractivity (Wildman–Crippen MR) is 273 cm³/mol. The predicted octanol–water partition coefficient (Wildman–Crippen LogP) is 15.8. The summed E-state index contributed by atoms with van der Waals surface area (Å²) in [6.45, 7) is 9.38. The van der Waals surface area contributed by atoms with Crippen LogP contribution in [0.25, 0.3) is 76.2 Å². The molecule has 5 heteroatoms. The molecule has 300 valence electrons. The lowest BCUT2D eigenvalue weighted by atomic mass is 10.0. The fourth-order valence-electron chi connectivity index (χ4n) is 10.6. The Hall–Kier alpha value is -7.60. The normalized spacial score (nSPS) is 12.4. The van der Waals surface area contributed by atoms with Crippen molar-refractivity contribution in [2.45, 2.75) is 26.6 Å². The maximum Gasteiger partial charge on any atom is 0.0775 e. The Morgan fingerprint density at radius 2 is 0.683 bits per heavy atom. The van der Waals surface area contributed by atoms with Crippen molar-refractivity contribution in [3.05, 3.63) is 200 Å². The second-order valence-corrected chi connectivity index (χ2v) is 23.4. The van der Waals surface area contributed by atoms with Gasteiger partial charge in [0.15, 0.2) is 0 Å². The van der Waals surface area contributed by atoms with Gasteiger partial charge in [0, 0.05) is 77.2 Å².